The van der Waals surface area contributed by atoms with Gasteiger partial charge in [-0.2, -0.15) is 0 Å². The normalized spacial score (nSPS) is 9.75. The molecular weight excluding hydrogens is 124 g/mol. The molecular formula is C4H6N2OS. The molecule has 0 saturated heterocycles. The fourth-order valence-electron chi connectivity index (χ4n) is 0.452. The molecule has 0 aliphatic rings. The Morgan fingerprint density at radius 3 is 2.38 bits per heavy atom. The quantitative estimate of drug-likeness (QED) is 0.487. The number of imidazole rings is 1. The van der Waals surface area contributed by atoms with Crippen LogP contribution in [-0.4, -0.2) is 8.54 Å². The van der Waals surface area contributed by atoms with Crippen LogP contribution in [-0.2, 0) is 7.05 Å². The van der Waals surface area contributed by atoms with E-state index in [-0.39, 0.29) is 5.69 Å². The van der Waals surface area contributed by atoms with Crippen molar-refractivity contribution in [3.05, 3.63) is 22.9 Å². The number of aromatic nitrogens is 2. The van der Waals surface area contributed by atoms with Gasteiger partial charge in [-0.15, -0.1) is 0 Å². The minimum Gasteiger partial charge on any atom is -0.302 e. The lowest BCUT2D eigenvalue weighted by molar-refractivity contribution is 0.853. The molecule has 1 heterocycles. The molecule has 3 nitrogen and oxygen atoms in total. The molecule has 1 aromatic rings. The Morgan fingerprint density at radius 1 is 1.62 bits per heavy atom. The second-order valence-corrected chi connectivity index (χ2v) is 1.97. The van der Waals surface area contributed by atoms with Crippen molar-refractivity contribution in [2.24, 2.45) is 7.05 Å². The molecule has 0 N–H and O–H groups in total. The summed E-state index contributed by atoms with van der Waals surface area (Å²) in [5.74, 6) is 0. The molecule has 0 fully saturated rings. The van der Waals surface area contributed by atoms with E-state index in [1.54, 1.807) is 19.4 Å². The molecule has 0 aliphatic carbocycles. The number of nitrogens with zero attached hydrogens (tertiary/aromatic N) is 2. The highest BCUT2D eigenvalue weighted by Crippen LogP contribution is 1.80. The smallest absolute Gasteiger partial charge is 0.302 e. The molecule has 4 heteroatoms. The van der Waals surface area contributed by atoms with Gasteiger partial charge in [0, 0.05) is 19.4 Å². The van der Waals surface area contributed by atoms with Gasteiger partial charge in [-0.05, 0) is 0 Å². The van der Waals surface area contributed by atoms with Crippen LogP contribution in [0.5, 0.6) is 0 Å². The maximum absolute atomic E-state index is 10.6. The monoisotopic (exact) mass is 130 g/mol. The van der Waals surface area contributed by atoms with Gasteiger partial charge in [0.2, 0.25) is 0 Å². The molecule has 0 unspecified atom stereocenters. The summed E-state index contributed by atoms with van der Waals surface area (Å²) in [6, 6.07) is 0. The number of aryl methyl sites for hydroxylation is 1. The number of thiol groups is 1. The van der Waals surface area contributed by atoms with Crippen LogP contribution in [0.3, 0.4) is 0 Å². The van der Waals surface area contributed by atoms with Crippen molar-refractivity contribution in [2.45, 2.75) is 0 Å². The molecule has 0 atom stereocenters. The third-order valence-electron chi connectivity index (χ3n) is 0.929. The third-order valence-corrected chi connectivity index (χ3v) is 1.23. The van der Waals surface area contributed by atoms with Crippen LogP contribution >= 0.6 is 12.8 Å². The minimum absolute atomic E-state index is 0.117. The van der Waals surface area contributed by atoms with Crippen molar-refractivity contribution in [2.75, 3.05) is 0 Å². The fourth-order valence-corrected chi connectivity index (χ4v) is 0.653. The van der Waals surface area contributed by atoms with Crippen LogP contribution in [0, 0.1) is 0 Å². The van der Waals surface area contributed by atoms with E-state index in [4.69, 9.17) is 0 Å². The standard InChI is InChI=1S/C4H6N2OS/c1-5-2-3-6(8)4(5)7/h2-3,8H,1H3. The largest absolute Gasteiger partial charge is 0.337 e. The SMILES string of the molecule is Cn1ccn(S)c1=O. The number of rotatable bonds is 0. The van der Waals surface area contributed by atoms with E-state index in [1.807, 2.05) is 0 Å². The molecule has 0 radical (unpaired) electrons. The molecule has 0 saturated carbocycles. The van der Waals surface area contributed by atoms with Gasteiger partial charge in [-0.25, -0.2) is 8.77 Å². The molecule has 44 valence electrons. The van der Waals surface area contributed by atoms with Gasteiger partial charge in [-0.3, -0.25) is 0 Å². The maximum atomic E-state index is 10.6. The summed E-state index contributed by atoms with van der Waals surface area (Å²) < 4.78 is 2.67. The van der Waals surface area contributed by atoms with E-state index in [1.165, 1.54) is 8.54 Å². The summed E-state index contributed by atoms with van der Waals surface area (Å²) in [5, 5.41) is 0. The van der Waals surface area contributed by atoms with Crippen molar-refractivity contribution in [1.82, 2.24) is 8.54 Å². The van der Waals surface area contributed by atoms with Gasteiger partial charge in [0.15, 0.2) is 0 Å². The van der Waals surface area contributed by atoms with Crippen molar-refractivity contribution >= 4 is 12.8 Å². The topological polar surface area (TPSA) is 26.9 Å². The van der Waals surface area contributed by atoms with Crippen LogP contribution in [0.25, 0.3) is 0 Å². The summed E-state index contributed by atoms with van der Waals surface area (Å²) in [7, 11) is 1.68. The second-order valence-electron chi connectivity index (χ2n) is 1.54. The van der Waals surface area contributed by atoms with E-state index in [2.05, 4.69) is 12.8 Å². The molecule has 0 amide bonds. The third kappa shape index (κ3) is 0.667. The van der Waals surface area contributed by atoms with Crippen molar-refractivity contribution in [3.63, 3.8) is 0 Å². The summed E-state index contributed by atoms with van der Waals surface area (Å²) in [5.41, 5.74) is -0.117. The van der Waals surface area contributed by atoms with Gasteiger partial charge >= 0.3 is 5.69 Å². The van der Waals surface area contributed by atoms with Crippen molar-refractivity contribution in [1.29, 1.82) is 0 Å². The van der Waals surface area contributed by atoms with Crippen LogP contribution in [0.15, 0.2) is 17.2 Å². The predicted molar refractivity (Wildman–Crippen MR) is 34.1 cm³/mol. The first-order chi connectivity index (χ1) is 3.72. The zero-order valence-corrected chi connectivity index (χ0v) is 5.30. The van der Waals surface area contributed by atoms with E-state index >= 15 is 0 Å². The lowest BCUT2D eigenvalue weighted by Gasteiger charge is -1.81. The molecule has 0 spiro atoms. The summed E-state index contributed by atoms with van der Waals surface area (Å²) in [6.45, 7) is 0. The molecule has 1 aromatic heterocycles. The molecule has 0 bridgehead atoms. The van der Waals surface area contributed by atoms with Gasteiger partial charge < -0.3 is 4.57 Å². The van der Waals surface area contributed by atoms with Crippen molar-refractivity contribution < 1.29 is 0 Å². The fraction of sp³-hybridized carbons (Fsp3) is 0.250. The van der Waals surface area contributed by atoms with E-state index in [0.29, 0.717) is 0 Å². The first-order valence-corrected chi connectivity index (χ1v) is 2.55. The first kappa shape index (κ1) is 5.50. The lowest BCUT2D eigenvalue weighted by Crippen LogP contribution is -2.15. The van der Waals surface area contributed by atoms with E-state index in [9.17, 15) is 4.79 Å². The van der Waals surface area contributed by atoms with Crippen molar-refractivity contribution in [3.8, 4) is 0 Å². The van der Waals surface area contributed by atoms with E-state index < -0.39 is 0 Å². The van der Waals surface area contributed by atoms with Crippen LogP contribution in [0.2, 0.25) is 0 Å². The van der Waals surface area contributed by atoms with Gasteiger partial charge in [0.25, 0.3) is 0 Å². The predicted octanol–water partition coefficient (Wildman–Crippen LogP) is -0.120. The van der Waals surface area contributed by atoms with Crippen LogP contribution in [0.1, 0.15) is 0 Å². The second kappa shape index (κ2) is 1.70. The van der Waals surface area contributed by atoms with Crippen LogP contribution < -0.4 is 5.69 Å². The number of hydrogen-bond acceptors (Lipinski definition) is 2. The van der Waals surface area contributed by atoms with E-state index in [0.717, 1.165) is 0 Å². The molecule has 8 heavy (non-hydrogen) atoms. The average molecular weight is 130 g/mol. The Hall–Kier alpha value is -0.640. The number of hydrogen-bond donors (Lipinski definition) is 1. The Morgan fingerprint density at radius 2 is 2.25 bits per heavy atom. The average Bonchev–Trinajstić information content (AvgIpc) is 1.98. The summed E-state index contributed by atoms with van der Waals surface area (Å²) in [4.78, 5) is 10.6. The minimum atomic E-state index is -0.117. The first-order valence-electron chi connectivity index (χ1n) is 2.15. The van der Waals surface area contributed by atoms with Gasteiger partial charge in [0.1, 0.15) is 0 Å². The Bertz CT molecular complexity index is 214. The highest BCUT2D eigenvalue weighted by atomic mass is 32.1. The Kier molecular flexibility index (Phi) is 1.17. The van der Waals surface area contributed by atoms with Crippen LogP contribution in [0.4, 0.5) is 0 Å². The van der Waals surface area contributed by atoms with Gasteiger partial charge in [-0.1, -0.05) is 12.8 Å². The zero-order valence-electron chi connectivity index (χ0n) is 4.40. The zero-order chi connectivity index (χ0) is 6.15. The maximum Gasteiger partial charge on any atom is 0.337 e. The Labute approximate surface area is 52.1 Å². The van der Waals surface area contributed by atoms with Gasteiger partial charge in [0.05, 0.1) is 0 Å². The lowest BCUT2D eigenvalue weighted by atomic mass is 10.9. The molecule has 0 aliphatic heterocycles. The Balaban J connectivity index is 3.42. The molecule has 1 rings (SSSR count). The highest BCUT2D eigenvalue weighted by molar-refractivity contribution is 7.78. The molecule has 0 aromatic carbocycles. The summed E-state index contributed by atoms with van der Waals surface area (Å²) in [6.07, 6.45) is 3.24. The summed E-state index contributed by atoms with van der Waals surface area (Å²) >= 11 is 3.80. The highest BCUT2D eigenvalue weighted by Gasteiger charge is 1.90.